The molecule has 1 fully saturated rings. The largest absolute Gasteiger partial charge is 0.375 e. The summed E-state index contributed by atoms with van der Waals surface area (Å²) in [5.41, 5.74) is 10.1. The molecule has 0 radical (unpaired) electrons. The second-order valence-electron chi connectivity index (χ2n) is 6.44. The molecule has 2 rings (SSSR count). The third kappa shape index (κ3) is 2.84. The van der Waals surface area contributed by atoms with Gasteiger partial charge in [0.05, 0.1) is 17.7 Å². The van der Waals surface area contributed by atoms with Gasteiger partial charge < -0.3 is 15.4 Å². The maximum Gasteiger partial charge on any atom is 0.0573 e. The predicted octanol–water partition coefficient (Wildman–Crippen LogP) is 3.02. The normalized spacial score (nSPS) is 30.3. The first kappa shape index (κ1) is 15.3. The van der Waals surface area contributed by atoms with Crippen molar-refractivity contribution >= 4 is 5.69 Å². The van der Waals surface area contributed by atoms with Gasteiger partial charge in [-0.05, 0) is 52.2 Å². The lowest BCUT2D eigenvalue weighted by molar-refractivity contribution is -0.0591. The number of hydrogen-bond donors (Lipinski definition) is 1. The Labute approximate surface area is 123 Å². The van der Waals surface area contributed by atoms with Crippen LogP contribution < -0.4 is 10.6 Å². The van der Waals surface area contributed by atoms with E-state index in [9.17, 15) is 0 Å². The summed E-state index contributed by atoms with van der Waals surface area (Å²) in [6, 6.07) is 6.63. The molecular formula is C17H28N2O. The lowest BCUT2D eigenvalue weighted by atomic mass is 9.82. The number of nitrogens with zero attached hydrogens (tertiary/aromatic N) is 1. The number of aryl methyl sites for hydroxylation is 2. The molecule has 1 heterocycles. The smallest absolute Gasteiger partial charge is 0.0573 e. The molecule has 1 aromatic carbocycles. The minimum Gasteiger partial charge on any atom is -0.375 e. The summed E-state index contributed by atoms with van der Waals surface area (Å²) in [6.45, 7) is 9.27. The molecule has 0 bridgehead atoms. The van der Waals surface area contributed by atoms with Crippen LogP contribution in [0.25, 0.3) is 0 Å². The number of ether oxygens (including phenoxy) is 1. The zero-order valence-corrected chi connectivity index (χ0v) is 13.4. The van der Waals surface area contributed by atoms with E-state index in [0.717, 1.165) is 12.8 Å². The summed E-state index contributed by atoms with van der Waals surface area (Å²) in [7, 11) is 2.18. The van der Waals surface area contributed by atoms with Crippen LogP contribution in [0.1, 0.15) is 37.8 Å². The van der Waals surface area contributed by atoms with Gasteiger partial charge in [-0.25, -0.2) is 0 Å². The van der Waals surface area contributed by atoms with Gasteiger partial charge in [0.25, 0.3) is 0 Å². The predicted molar refractivity (Wildman–Crippen MR) is 85.3 cm³/mol. The molecular weight excluding hydrogens is 248 g/mol. The molecule has 0 spiro atoms. The summed E-state index contributed by atoms with van der Waals surface area (Å²) < 4.78 is 5.90. The highest BCUT2D eigenvalue weighted by Gasteiger charge is 2.41. The molecule has 3 heteroatoms. The summed E-state index contributed by atoms with van der Waals surface area (Å²) in [5, 5.41) is 0. The fourth-order valence-electron chi connectivity index (χ4n) is 3.66. The summed E-state index contributed by atoms with van der Waals surface area (Å²) >= 11 is 0. The van der Waals surface area contributed by atoms with E-state index >= 15 is 0 Å². The van der Waals surface area contributed by atoms with Gasteiger partial charge in [0.1, 0.15) is 0 Å². The SMILES string of the molecule is Cc1ccc(N(C)C2(CN)CC(C)OC(C)C2)c(C)c1. The molecule has 112 valence electrons. The number of benzene rings is 1. The Kier molecular flexibility index (Phi) is 4.40. The molecule has 2 atom stereocenters. The van der Waals surface area contributed by atoms with Crippen molar-refractivity contribution in [2.75, 3.05) is 18.5 Å². The zero-order valence-electron chi connectivity index (χ0n) is 13.4. The quantitative estimate of drug-likeness (QED) is 0.922. The van der Waals surface area contributed by atoms with Gasteiger partial charge in [0.2, 0.25) is 0 Å². The molecule has 3 nitrogen and oxygen atoms in total. The second kappa shape index (κ2) is 5.74. The fourth-order valence-corrected chi connectivity index (χ4v) is 3.66. The molecule has 1 aliphatic heterocycles. The highest BCUT2D eigenvalue weighted by molar-refractivity contribution is 5.56. The van der Waals surface area contributed by atoms with E-state index in [1.165, 1.54) is 16.8 Å². The monoisotopic (exact) mass is 276 g/mol. The van der Waals surface area contributed by atoms with Crippen molar-refractivity contribution in [3.05, 3.63) is 29.3 Å². The van der Waals surface area contributed by atoms with Crippen LogP contribution in [-0.4, -0.2) is 31.3 Å². The van der Waals surface area contributed by atoms with Crippen molar-refractivity contribution in [3.8, 4) is 0 Å². The first-order valence-electron chi connectivity index (χ1n) is 7.54. The number of anilines is 1. The Morgan fingerprint density at radius 1 is 1.25 bits per heavy atom. The van der Waals surface area contributed by atoms with Crippen molar-refractivity contribution in [2.24, 2.45) is 5.73 Å². The molecule has 2 N–H and O–H groups in total. The average Bonchev–Trinajstić information content (AvgIpc) is 2.36. The van der Waals surface area contributed by atoms with Crippen molar-refractivity contribution in [1.29, 1.82) is 0 Å². The minimum absolute atomic E-state index is 0.00288. The minimum atomic E-state index is -0.00288. The lowest BCUT2D eigenvalue weighted by Crippen LogP contribution is -2.58. The Morgan fingerprint density at radius 2 is 1.85 bits per heavy atom. The van der Waals surface area contributed by atoms with Gasteiger partial charge in [0, 0.05) is 19.3 Å². The number of rotatable bonds is 3. The standard InChI is InChI=1S/C17H28N2O/c1-12-6-7-16(13(2)8-12)19(5)17(11-18)9-14(3)20-15(4)10-17/h6-8,14-15H,9-11,18H2,1-5H3. The number of likely N-dealkylation sites (N-methyl/N-ethyl adjacent to an activating group) is 1. The molecule has 2 unspecified atom stereocenters. The molecule has 0 aromatic heterocycles. The van der Waals surface area contributed by atoms with Crippen LogP contribution in [0.3, 0.4) is 0 Å². The second-order valence-corrected chi connectivity index (χ2v) is 6.44. The molecule has 0 aliphatic carbocycles. The molecule has 0 saturated carbocycles. The summed E-state index contributed by atoms with van der Waals surface area (Å²) in [4.78, 5) is 2.39. The first-order valence-corrected chi connectivity index (χ1v) is 7.54. The molecule has 20 heavy (non-hydrogen) atoms. The Hall–Kier alpha value is -1.06. The van der Waals surface area contributed by atoms with Gasteiger partial charge >= 0.3 is 0 Å². The van der Waals surface area contributed by atoms with Crippen LogP contribution in [0.5, 0.6) is 0 Å². The van der Waals surface area contributed by atoms with E-state index in [-0.39, 0.29) is 17.7 Å². The number of hydrogen-bond acceptors (Lipinski definition) is 3. The maximum atomic E-state index is 6.18. The van der Waals surface area contributed by atoms with E-state index in [1.54, 1.807) is 0 Å². The van der Waals surface area contributed by atoms with Crippen LogP contribution in [0, 0.1) is 13.8 Å². The Balaban J connectivity index is 2.35. The maximum absolute atomic E-state index is 6.18. The van der Waals surface area contributed by atoms with E-state index in [2.05, 4.69) is 57.8 Å². The topological polar surface area (TPSA) is 38.5 Å². The lowest BCUT2D eigenvalue weighted by Gasteiger charge is -2.49. The van der Waals surface area contributed by atoms with Gasteiger partial charge in [-0.1, -0.05) is 17.7 Å². The van der Waals surface area contributed by atoms with Crippen LogP contribution in [0.15, 0.2) is 18.2 Å². The molecule has 1 aromatic rings. The summed E-state index contributed by atoms with van der Waals surface area (Å²) in [6.07, 6.45) is 2.49. The van der Waals surface area contributed by atoms with Gasteiger partial charge in [-0.15, -0.1) is 0 Å². The highest BCUT2D eigenvalue weighted by atomic mass is 16.5. The van der Waals surface area contributed by atoms with Crippen molar-refractivity contribution in [1.82, 2.24) is 0 Å². The highest BCUT2D eigenvalue weighted by Crippen LogP contribution is 2.36. The van der Waals surface area contributed by atoms with E-state index < -0.39 is 0 Å². The fraction of sp³-hybridized carbons (Fsp3) is 0.647. The number of nitrogens with two attached hydrogens (primary N) is 1. The summed E-state index contributed by atoms with van der Waals surface area (Å²) in [5.74, 6) is 0. The van der Waals surface area contributed by atoms with Crippen molar-refractivity contribution in [2.45, 2.75) is 58.3 Å². The third-order valence-corrected chi connectivity index (χ3v) is 4.60. The third-order valence-electron chi connectivity index (χ3n) is 4.60. The van der Waals surface area contributed by atoms with Crippen molar-refractivity contribution in [3.63, 3.8) is 0 Å². The Morgan fingerprint density at radius 3 is 2.35 bits per heavy atom. The van der Waals surface area contributed by atoms with Gasteiger partial charge in [-0.3, -0.25) is 0 Å². The van der Waals surface area contributed by atoms with Gasteiger partial charge in [0.15, 0.2) is 0 Å². The van der Waals surface area contributed by atoms with Crippen LogP contribution in [0.4, 0.5) is 5.69 Å². The van der Waals surface area contributed by atoms with Crippen LogP contribution >= 0.6 is 0 Å². The van der Waals surface area contributed by atoms with Crippen LogP contribution in [0.2, 0.25) is 0 Å². The first-order chi connectivity index (χ1) is 9.38. The average molecular weight is 276 g/mol. The Bertz CT molecular complexity index is 462. The van der Waals surface area contributed by atoms with Gasteiger partial charge in [-0.2, -0.15) is 0 Å². The van der Waals surface area contributed by atoms with E-state index in [0.29, 0.717) is 6.54 Å². The van der Waals surface area contributed by atoms with Crippen LogP contribution in [-0.2, 0) is 4.74 Å². The molecule has 1 aliphatic rings. The molecule has 1 saturated heterocycles. The zero-order chi connectivity index (χ0) is 14.9. The molecule has 0 amide bonds. The van der Waals surface area contributed by atoms with Crippen molar-refractivity contribution < 1.29 is 4.74 Å². The van der Waals surface area contributed by atoms with E-state index in [4.69, 9.17) is 10.5 Å². The van der Waals surface area contributed by atoms with E-state index in [1.807, 2.05) is 0 Å².